The van der Waals surface area contributed by atoms with Gasteiger partial charge in [0.2, 0.25) is 11.8 Å². The maximum absolute atomic E-state index is 12.6. The number of carbonyl (C=O) groups is 2. The first-order valence-corrected chi connectivity index (χ1v) is 9.11. The highest BCUT2D eigenvalue weighted by Gasteiger charge is 2.17. The van der Waals surface area contributed by atoms with Gasteiger partial charge in [-0.2, -0.15) is 0 Å². The molecule has 1 atom stereocenters. The first kappa shape index (κ1) is 18.8. The topological polar surface area (TPSA) is 79.5 Å². The molecule has 2 aromatic carbocycles. The Morgan fingerprint density at radius 2 is 1.74 bits per heavy atom. The fraction of sp³-hybridized carbons (Fsp3) is 0.333. The Bertz CT molecular complexity index is 864. The van der Waals surface area contributed by atoms with Crippen molar-refractivity contribution in [2.24, 2.45) is 0 Å². The largest absolute Gasteiger partial charge is 0.495 e. The summed E-state index contributed by atoms with van der Waals surface area (Å²) in [7, 11) is 1.54. The molecule has 0 fully saturated rings. The molecule has 1 aliphatic rings. The summed E-state index contributed by atoms with van der Waals surface area (Å²) in [5.74, 6) is 0.167. The molecule has 6 heteroatoms. The molecule has 142 valence electrons. The van der Waals surface area contributed by atoms with E-state index in [9.17, 15) is 9.59 Å². The fourth-order valence-electron chi connectivity index (χ4n) is 3.30. The predicted octanol–water partition coefficient (Wildman–Crippen LogP) is 3.58. The maximum atomic E-state index is 12.6. The Morgan fingerprint density at radius 3 is 2.48 bits per heavy atom. The molecule has 27 heavy (non-hydrogen) atoms. The Kier molecular flexibility index (Phi) is 5.64. The van der Waals surface area contributed by atoms with Crippen molar-refractivity contribution in [2.75, 3.05) is 23.1 Å². The third-order valence-electron chi connectivity index (χ3n) is 4.65. The average molecular weight is 367 g/mol. The molecular weight excluding hydrogens is 342 g/mol. The van der Waals surface area contributed by atoms with E-state index in [1.165, 1.54) is 31.6 Å². The molecule has 0 saturated carbocycles. The second-order valence-corrected chi connectivity index (χ2v) is 6.79. The van der Waals surface area contributed by atoms with Crippen molar-refractivity contribution < 1.29 is 14.3 Å². The van der Waals surface area contributed by atoms with Crippen LogP contribution in [-0.4, -0.2) is 25.0 Å². The van der Waals surface area contributed by atoms with Gasteiger partial charge in [0.15, 0.2) is 0 Å². The monoisotopic (exact) mass is 367 g/mol. The number of methoxy groups -OCH3 is 1. The number of anilines is 3. The number of rotatable bonds is 6. The minimum Gasteiger partial charge on any atom is -0.495 e. The zero-order valence-electron chi connectivity index (χ0n) is 15.9. The highest BCUT2D eigenvalue weighted by molar-refractivity contribution is 5.98. The van der Waals surface area contributed by atoms with Crippen molar-refractivity contribution in [3.63, 3.8) is 0 Å². The molecule has 1 unspecified atom stereocenters. The number of benzene rings is 2. The van der Waals surface area contributed by atoms with E-state index < -0.39 is 6.04 Å². The van der Waals surface area contributed by atoms with E-state index in [1.54, 1.807) is 18.2 Å². The Balaban J connectivity index is 1.69. The van der Waals surface area contributed by atoms with Gasteiger partial charge >= 0.3 is 0 Å². The van der Waals surface area contributed by atoms with Gasteiger partial charge < -0.3 is 20.7 Å². The van der Waals surface area contributed by atoms with Gasteiger partial charge in [-0.3, -0.25) is 9.59 Å². The van der Waals surface area contributed by atoms with Gasteiger partial charge in [-0.05, 0) is 67.6 Å². The van der Waals surface area contributed by atoms with E-state index in [4.69, 9.17) is 4.74 Å². The van der Waals surface area contributed by atoms with Crippen molar-refractivity contribution in [2.45, 2.75) is 39.2 Å². The Morgan fingerprint density at radius 1 is 1.00 bits per heavy atom. The number of amides is 2. The number of aryl methyl sites for hydroxylation is 2. The van der Waals surface area contributed by atoms with Crippen molar-refractivity contribution in [3.05, 3.63) is 47.5 Å². The normalized spacial score (nSPS) is 13.4. The predicted molar refractivity (Wildman–Crippen MR) is 107 cm³/mol. The molecule has 3 rings (SSSR count). The SMILES string of the molecule is COc1ccc(NC(C)=O)cc1NC(=O)C(C)Nc1ccc2c(c1)CCC2. The number of fused-ring (bicyclic) bond motifs is 1. The van der Waals surface area contributed by atoms with Crippen molar-refractivity contribution >= 4 is 28.9 Å². The van der Waals surface area contributed by atoms with Crippen LogP contribution < -0.4 is 20.7 Å². The summed E-state index contributed by atoms with van der Waals surface area (Å²) < 4.78 is 5.31. The van der Waals surface area contributed by atoms with Crippen molar-refractivity contribution in [3.8, 4) is 5.75 Å². The van der Waals surface area contributed by atoms with Crippen molar-refractivity contribution in [1.82, 2.24) is 0 Å². The standard InChI is InChI=1S/C21H25N3O3/c1-13(22-17-8-7-15-5-4-6-16(15)11-17)21(26)24-19-12-18(23-14(2)25)9-10-20(19)27-3/h7-13,22H,4-6H2,1-3H3,(H,23,25)(H,24,26). The Labute approximate surface area is 159 Å². The van der Waals surface area contributed by atoms with Crippen LogP contribution in [0.25, 0.3) is 0 Å². The van der Waals surface area contributed by atoms with Crippen LogP contribution in [0.1, 0.15) is 31.4 Å². The number of hydrogen-bond donors (Lipinski definition) is 3. The molecule has 0 bridgehead atoms. The lowest BCUT2D eigenvalue weighted by molar-refractivity contribution is -0.116. The van der Waals surface area contributed by atoms with E-state index in [1.807, 2.05) is 13.0 Å². The highest BCUT2D eigenvalue weighted by atomic mass is 16.5. The first-order chi connectivity index (χ1) is 13.0. The van der Waals surface area contributed by atoms with Crippen LogP contribution in [0.5, 0.6) is 5.75 Å². The summed E-state index contributed by atoms with van der Waals surface area (Å²) >= 11 is 0. The third-order valence-corrected chi connectivity index (χ3v) is 4.65. The third kappa shape index (κ3) is 4.58. The van der Waals surface area contributed by atoms with Crippen LogP contribution in [0.3, 0.4) is 0 Å². The molecule has 0 saturated heterocycles. The molecule has 2 amide bonds. The van der Waals surface area contributed by atoms with Crippen LogP contribution in [0.2, 0.25) is 0 Å². The summed E-state index contributed by atoms with van der Waals surface area (Å²) in [5, 5.41) is 8.82. The van der Waals surface area contributed by atoms with E-state index in [0.717, 1.165) is 18.5 Å². The van der Waals surface area contributed by atoms with Crippen LogP contribution in [0, 0.1) is 0 Å². The van der Waals surface area contributed by atoms with Crippen molar-refractivity contribution in [1.29, 1.82) is 0 Å². The van der Waals surface area contributed by atoms with Gasteiger partial charge in [0.1, 0.15) is 11.8 Å². The molecule has 0 heterocycles. The minimum absolute atomic E-state index is 0.177. The molecular formula is C21H25N3O3. The van der Waals surface area contributed by atoms with Gasteiger partial charge in [0.25, 0.3) is 0 Å². The van der Waals surface area contributed by atoms with Crippen LogP contribution in [-0.2, 0) is 22.4 Å². The summed E-state index contributed by atoms with van der Waals surface area (Å²) in [4.78, 5) is 23.9. The number of nitrogens with one attached hydrogen (secondary N) is 3. The zero-order valence-corrected chi connectivity index (χ0v) is 15.9. The Hall–Kier alpha value is -3.02. The van der Waals surface area contributed by atoms with Crippen LogP contribution in [0.4, 0.5) is 17.1 Å². The molecule has 3 N–H and O–H groups in total. The minimum atomic E-state index is -0.432. The molecule has 0 radical (unpaired) electrons. The summed E-state index contributed by atoms with van der Waals surface area (Å²) in [5.41, 5.74) is 4.81. The lowest BCUT2D eigenvalue weighted by atomic mass is 10.1. The van der Waals surface area contributed by atoms with Gasteiger partial charge in [0, 0.05) is 18.3 Å². The lowest BCUT2D eigenvalue weighted by Crippen LogP contribution is -2.32. The van der Waals surface area contributed by atoms with E-state index in [-0.39, 0.29) is 11.8 Å². The molecule has 6 nitrogen and oxygen atoms in total. The molecule has 0 aliphatic heterocycles. The van der Waals surface area contributed by atoms with E-state index in [0.29, 0.717) is 17.1 Å². The molecule has 0 aromatic heterocycles. The molecule has 1 aliphatic carbocycles. The lowest BCUT2D eigenvalue weighted by Gasteiger charge is -2.18. The van der Waals surface area contributed by atoms with Gasteiger partial charge in [-0.1, -0.05) is 6.07 Å². The second kappa shape index (κ2) is 8.12. The van der Waals surface area contributed by atoms with Gasteiger partial charge in [-0.25, -0.2) is 0 Å². The van der Waals surface area contributed by atoms with Gasteiger partial charge in [0.05, 0.1) is 12.8 Å². The highest BCUT2D eigenvalue weighted by Crippen LogP contribution is 2.28. The molecule has 2 aromatic rings. The fourth-order valence-corrected chi connectivity index (χ4v) is 3.30. The van der Waals surface area contributed by atoms with E-state index in [2.05, 4.69) is 28.1 Å². The summed E-state index contributed by atoms with van der Waals surface area (Å²) in [6, 6.07) is 11.0. The number of carbonyl (C=O) groups excluding carboxylic acids is 2. The van der Waals surface area contributed by atoms with Gasteiger partial charge in [-0.15, -0.1) is 0 Å². The number of ether oxygens (including phenoxy) is 1. The van der Waals surface area contributed by atoms with Crippen LogP contribution in [0.15, 0.2) is 36.4 Å². The maximum Gasteiger partial charge on any atom is 0.246 e. The quantitative estimate of drug-likeness (QED) is 0.729. The summed E-state index contributed by atoms with van der Waals surface area (Å²) in [6.45, 7) is 3.25. The van der Waals surface area contributed by atoms with Crippen LogP contribution >= 0.6 is 0 Å². The second-order valence-electron chi connectivity index (χ2n) is 6.79. The van der Waals surface area contributed by atoms with E-state index >= 15 is 0 Å². The number of hydrogen-bond acceptors (Lipinski definition) is 4. The average Bonchev–Trinajstić information content (AvgIpc) is 3.09. The summed E-state index contributed by atoms with van der Waals surface area (Å²) in [6.07, 6.45) is 3.42. The smallest absolute Gasteiger partial charge is 0.246 e. The zero-order chi connectivity index (χ0) is 19.4. The first-order valence-electron chi connectivity index (χ1n) is 9.11. The molecule has 0 spiro atoms.